The van der Waals surface area contributed by atoms with Gasteiger partial charge in [-0.2, -0.15) is 0 Å². The summed E-state index contributed by atoms with van der Waals surface area (Å²) in [6.45, 7) is 9.47. The number of anilines is 6. The molecule has 0 saturated heterocycles. The summed E-state index contributed by atoms with van der Waals surface area (Å²) >= 11 is 0. The smallest absolute Gasteiger partial charge is 0.0503 e. The summed E-state index contributed by atoms with van der Waals surface area (Å²) in [6, 6.07) is 76.7. The van der Waals surface area contributed by atoms with Crippen molar-refractivity contribution in [1.82, 2.24) is 0 Å². The first-order chi connectivity index (χ1) is 30.2. The molecule has 0 atom stereocenters. The third-order valence-electron chi connectivity index (χ3n) is 14.0. The molecule has 2 heterocycles. The lowest BCUT2D eigenvalue weighted by molar-refractivity contribution is 0.632. The van der Waals surface area contributed by atoms with E-state index in [0.29, 0.717) is 0 Å². The molecule has 2 aliphatic rings. The standard InChI is InChI=1S/C60H46N2/c1-59(2)51-18-10-12-20-55(51)61(47-16-6-5-7-17-47)57-32-27-43(37-53(57)59)41-25-30-49-45(34-41)22-23-46-35-42(26-31-50(46)49)44-28-33-58-54(38-44)60(3,4)52-19-11-13-21-56(52)62(58)48-29-24-39-14-8-9-15-40(39)36-48/h5-38H,1-4H3. The Kier molecular flexibility index (Phi) is 7.96. The summed E-state index contributed by atoms with van der Waals surface area (Å²) in [7, 11) is 0. The summed E-state index contributed by atoms with van der Waals surface area (Å²) in [5, 5.41) is 7.54. The van der Waals surface area contributed by atoms with Gasteiger partial charge in [0.15, 0.2) is 0 Å². The van der Waals surface area contributed by atoms with Gasteiger partial charge in [0.2, 0.25) is 0 Å². The molecule has 10 aromatic rings. The molecule has 2 aliphatic heterocycles. The van der Waals surface area contributed by atoms with Crippen molar-refractivity contribution in [2.24, 2.45) is 0 Å². The van der Waals surface area contributed by atoms with E-state index in [1.54, 1.807) is 0 Å². The quantitative estimate of drug-likeness (QED) is 0.164. The zero-order chi connectivity index (χ0) is 41.7. The van der Waals surface area contributed by atoms with Crippen LogP contribution in [0.4, 0.5) is 34.1 Å². The number of benzene rings is 10. The Hall–Kier alpha value is -7.42. The molecule has 296 valence electrons. The summed E-state index contributed by atoms with van der Waals surface area (Å²) in [5.74, 6) is 0. The molecule has 0 unspecified atom stereocenters. The molecule has 2 heteroatoms. The van der Waals surface area contributed by atoms with E-state index in [1.807, 2.05) is 0 Å². The highest BCUT2D eigenvalue weighted by Gasteiger charge is 2.38. The highest BCUT2D eigenvalue weighted by Crippen LogP contribution is 2.54. The fourth-order valence-electron chi connectivity index (χ4n) is 10.6. The van der Waals surface area contributed by atoms with Gasteiger partial charge in [-0.1, -0.05) is 161 Å². The van der Waals surface area contributed by atoms with E-state index in [0.717, 1.165) is 0 Å². The summed E-state index contributed by atoms with van der Waals surface area (Å²) in [4.78, 5) is 4.88. The first-order valence-corrected chi connectivity index (χ1v) is 21.8. The second-order valence-electron chi connectivity index (χ2n) is 18.2. The van der Waals surface area contributed by atoms with Gasteiger partial charge >= 0.3 is 0 Å². The molecule has 0 N–H and O–H groups in total. The minimum Gasteiger partial charge on any atom is -0.310 e. The Labute approximate surface area is 364 Å². The fourth-order valence-corrected chi connectivity index (χ4v) is 10.6. The minimum absolute atomic E-state index is 0.160. The third-order valence-corrected chi connectivity index (χ3v) is 14.0. The van der Waals surface area contributed by atoms with E-state index in [1.165, 1.54) is 111 Å². The summed E-state index contributed by atoms with van der Waals surface area (Å²) < 4.78 is 0. The number of nitrogens with zero attached hydrogens (tertiary/aromatic N) is 2. The Morgan fingerprint density at radius 2 is 0.694 bits per heavy atom. The topological polar surface area (TPSA) is 6.48 Å². The number of para-hydroxylation sites is 3. The van der Waals surface area contributed by atoms with Crippen molar-refractivity contribution in [3.63, 3.8) is 0 Å². The van der Waals surface area contributed by atoms with Crippen molar-refractivity contribution in [2.75, 3.05) is 9.80 Å². The third kappa shape index (κ3) is 5.49. The molecule has 0 aliphatic carbocycles. The van der Waals surface area contributed by atoms with Crippen molar-refractivity contribution >= 4 is 66.4 Å². The van der Waals surface area contributed by atoms with Crippen LogP contribution < -0.4 is 9.80 Å². The van der Waals surface area contributed by atoms with E-state index in [4.69, 9.17) is 0 Å². The maximum absolute atomic E-state index is 2.45. The van der Waals surface area contributed by atoms with Crippen LogP contribution in [0.15, 0.2) is 206 Å². The molecule has 10 aromatic carbocycles. The normalized spacial score (nSPS) is 14.6. The molecule has 12 rings (SSSR count). The van der Waals surface area contributed by atoms with E-state index in [2.05, 4.69) is 244 Å². The van der Waals surface area contributed by atoms with Crippen molar-refractivity contribution < 1.29 is 0 Å². The van der Waals surface area contributed by atoms with E-state index < -0.39 is 0 Å². The highest BCUT2D eigenvalue weighted by molar-refractivity contribution is 6.09. The van der Waals surface area contributed by atoms with Crippen molar-refractivity contribution in [1.29, 1.82) is 0 Å². The van der Waals surface area contributed by atoms with Crippen molar-refractivity contribution in [3.05, 3.63) is 229 Å². The van der Waals surface area contributed by atoms with Crippen molar-refractivity contribution in [3.8, 4) is 22.3 Å². The van der Waals surface area contributed by atoms with Gasteiger partial charge in [-0.05, 0) is 150 Å². The molecule has 0 fully saturated rings. The van der Waals surface area contributed by atoms with Crippen LogP contribution in [0, 0.1) is 0 Å². The van der Waals surface area contributed by atoms with Crippen LogP contribution in [0.1, 0.15) is 49.9 Å². The van der Waals surface area contributed by atoms with E-state index in [-0.39, 0.29) is 10.8 Å². The van der Waals surface area contributed by atoms with Crippen LogP contribution in [-0.4, -0.2) is 0 Å². The van der Waals surface area contributed by atoms with E-state index >= 15 is 0 Å². The second-order valence-corrected chi connectivity index (χ2v) is 18.2. The highest BCUT2D eigenvalue weighted by atomic mass is 15.2. The lowest BCUT2D eigenvalue weighted by Gasteiger charge is -2.42. The number of hydrogen-bond donors (Lipinski definition) is 0. The maximum Gasteiger partial charge on any atom is 0.0503 e. The first kappa shape index (κ1) is 36.4. The molecule has 62 heavy (non-hydrogen) atoms. The van der Waals surface area contributed by atoms with Gasteiger partial charge in [0.25, 0.3) is 0 Å². The molecule has 0 bridgehead atoms. The molecule has 0 radical (unpaired) electrons. The summed E-state index contributed by atoms with van der Waals surface area (Å²) in [5.41, 5.74) is 17.2. The van der Waals surface area contributed by atoms with Gasteiger partial charge in [0.1, 0.15) is 0 Å². The van der Waals surface area contributed by atoms with Gasteiger partial charge in [-0.25, -0.2) is 0 Å². The monoisotopic (exact) mass is 794 g/mol. The van der Waals surface area contributed by atoms with Crippen LogP contribution in [0.25, 0.3) is 54.6 Å². The van der Waals surface area contributed by atoms with Crippen LogP contribution in [-0.2, 0) is 10.8 Å². The van der Waals surface area contributed by atoms with Gasteiger partial charge < -0.3 is 9.80 Å². The molecule has 2 nitrogen and oxygen atoms in total. The molecule has 0 amide bonds. The first-order valence-electron chi connectivity index (χ1n) is 21.8. The Balaban J connectivity index is 0.911. The lowest BCUT2D eigenvalue weighted by Crippen LogP contribution is -2.30. The van der Waals surface area contributed by atoms with Gasteiger partial charge in [-0.3, -0.25) is 0 Å². The number of hydrogen-bond acceptors (Lipinski definition) is 2. The molecular formula is C60H46N2. The minimum atomic E-state index is -0.181. The lowest BCUT2D eigenvalue weighted by atomic mass is 9.73. The Morgan fingerprint density at radius 1 is 0.274 bits per heavy atom. The predicted molar refractivity (Wildman–Crippen MR) is 263 cm³/mol. The number of rotatable bonds is 4. The van der Waals surface area contributed by atoms with Crippen LogP contribution in [0.2, 0.25) is 0 Å². The van der Waals surface area contributed by atoms with Gasteiger partial charge in [0.05, 0.1) is 22.7 Å². The average molecular weight is 795 g/mol. The molecule has 0 spiro atoms. The molecular weight excluding hydrogens is 749 g/mol. The molecule has 0 saturated carbocycles. The summed E-state index contributed by atoms with van der Waals surface area (Å²) in [6.07, 6.45) is 0. The Morgan fingerprint density at radius 3 is 1.26 bits per heavy atom. The zero-order valence-corrected chi connectivity index (χ0v) is 35.5. The zero-order valence-electron chi connectivity index (χ0n) is 35.5. The SMILES string of the molecule is CC1(C)c2ccccc2N(c2ccccc2)c2ccc(-c3ccc4c(ccc5cc(-c6ccc7c(c6)C(C)(C)c6ccccc6N7c6ccc7ccccc7c6)ccc54)c3)cc21. The Bertz CT molecular complexity index is 3430. The van der Waals surface area contributed by atoms with Crippen LogP contribution in [0.5, 0.6) is 0 Å². The molecule has 0 aromatic heterocycles. The fraction of sp³-hybridized carbons (Fsp3) is 0.100. The predicted octanol–water partition coefficient (Wildman–Crippen LogP) is 16.7. The largest absolute Gasteiger partial charge is 0.310 e. The van der Waals surface area contributed by atoms with Crippen molar-refractivity contribution in [2.45, 2.75) is 38.5 Å². The van der Waals surface area contributed by atoms with Crippen LogP contribution in [0.3, 0.4) is 0 Å². The number of fused-ring (bicyclic) bond motifs is 8. The van der Waals surface area contributed by atoms with Crippen LogP contribution >= 0.6 is 0 Å². The maximum atomic E-state index is 2.45. The van der Waals surface area contributed by atoms with E-state index in [9.17, 15) is 0 Å². The average Bonchev–Trinajstić information content (AvgIpc) is 3.31. The van der Waals surface area contributed by atoms with Gasteiger partial charge in [0, 0.05) is 22.2 Å². The van der Waals surface area contributed by atoms with Gasteiger partial charge in [-0.15, -0.1) is 0 Å². The second kappa shape index (κ2) is 13.5.